The Balaban J connectivity index is 2.71. The molecule has 1 aromatic rings. The first-order valence-electron chi connectivity index (χ1n) is 11.5. The number of carbonyl (C=O) groups is 5. The van der Waals surface area contributed by atoms with Gasteiger partial charge in [-0.15, -0.1) is 0 Å². The van der Waals surface area contributed by atoms with E-state index >= 15 is 0 Å². The number of hydrogen-bond donors (Lipinski definition) is 8. The van der Waals surface area contributed by atoms with E-state index in [0.717, 1.165) is 0 Å². The van der Waals surface area contributed by atoms with Gasteiger partial charge in [0.2, 0.25) is 23.6 Å². The average Bonchev–Trinajstić information content (AvgIpc) is 2.87. The first kappa shape index (κ1) is 30.5. The zero-order valence-electron chi connectivity index (χ0n) is 20.3. The number of rotatable bonds is 15. The minimum absolute atomic E-state index is 0.00722. The van der Waals surface area contributed by atoms with E-state index in [9.17, 15) is 34.2 Å². The summed E-state index contributed by atoms with van der Waals surface area (Å²) in [7, 11) is 0. The van der Waals surface area contributed by atoms with Gasteiger partial charge in [-0.25, -0.2) is 4.79 Å². The van der Waals surface area contributed by atoms with Crippen molar-refractivity contribution in [3.8, 4) is 0 Å². The van der Waals surface area contributed by atoms with Gasteiger partial charge in [0.1, 0.15) is 24.2 Å². The van der Waals surface area contributed by atoms with Gasteiger partial charge in [0.15, 0.2) is 0 Å². The second-order valence-corrected chi connectivity index (χ2v) is 8.27. The van der Waals surface area contributed by atoms with Gasteiger partial charge in [-0.2, -0.15) is 0 Å². The van der Waals surface area contributed by atoms with Crippen molar-refractivity contribution in [1.29, 1.82) is 0 Å². The Morgan fingerprint density at radius 2 is 1.53 bits per heavy atom. The molecule has 13 heteroatoms. The lowest BCUT2D eigenvalue weighted by Gasteiger charge is -2.25. The minimum Gasteiger partial charge on any atom is -0.480 e. The Hall–Kier alpha value is -3.55. The second kappa shape index (κ2) is 15.4. The maximum Gasteiger partial charge on any atom is 0.326 e. The van der Waals surface area contributed by atoms with Crippen LogP contribution >= 0.6 is 0 Å². The molecular formula is C23H35N5O8. The molecule has 0 saturated heterocycles. The predicted molar refractivity (Wildman–Crippen MR) is 128 cm³/mol. The molecule has 0 aliphatic heterocycles. The van der Waals surface area contributed by atoms with Crippen LogP contribution in [0.5, 0.6) is 0 Å². The number of aliphatic hydroxyl groups excluding tert-OH is 2. The van der Waals surface area contributed by atoms with Crippen LogP contribution in [0.1, 0.15) is 25.8 Å². The number of nitrogens with one attached hydrogen (secondary N) is 4. The summed E-state index contributed by atoms with van der Waals surface area (Å²) >= 11 is 0. The highest BCUT2D eigenvalue weighted by atomic mass is 16.4. The van der Waals surface area contributed by atoms with Crippen molar-refractivity contribution in [3.63, 3.8) is 0 Å². The number of amides is 4. The third kappa shape index (κ3) is 9.98. The van der Waals surface area contributed by atoms with Gasteiger partial charge < -0.3 is 42.3 Å². The van der Waals surface area contributed by atoms with Crippen molar-refractivity contribution >= 4 is 29.6 Å². The molecule has 0 aliphatic carbocycles. The van der Waals surface area contributed by atoms with Crippen LogP contribution in [0.2, 0.25) is 0 Å². The molecule has 0 saturated carbocycles. The largest absolute Gasteiger partial charge is 0.480 e. The lowest BCUT2D eigenvalue weighted by Crippen LogP contribution is -2.57. The molecule has 0 spiro atoms. The summed E-state index contributed by atoms with van der Waals surface area (Å²) in [6.07, 6.45) is 0.506. The van der Waals surface area contributed by atoms with E-state index in [1.807, 2.05) is 0 Å². The smallest absolute Gasteiger partial charge is 0.326 e. The number of carboxylic acid groups (broad SMARTS) is 1. The lowest BCUT2D eigenvalue weighted by atomic mass is 9.98. The van der Waals surface area contributed by atoms with Crippen molar-refractivity contribution in [2.75, 3.05) is 19.8 Å². The Labute approximate surface area is 208 Å². The topological polar surface area (TPSA) is 220 Å². The van der Waals surface area contributed by atoms with Crippen LogP contribution < -0.4 is 27.0 Å². The summed E-state index contributed by atoms with van der Waals surface area (Å²) in [6.45, 7) is 1.50. The van der Waals surface area contributed by atoms with Crippen LogP contribution in [0.25, 0.3) is 0 Å². The van der Waals surface area contributed by atoms with Gasteiger partial charge in [-0.05, 0) is 11.5 Å². The summed E-state index contributed by atoms with van der Waals surface area (Å²) < 4.78 is 0. The third-order valence-electron chi connectivity index (χ3n) is 5.48. The maximum absolute atomic E-state index is 12.6. The summed E-state index contributed by atoms with van der Waals surface area (Å²) in [5.74, 6) is -4.77. The zero-order valence-corrected chi connectivity index (χ0v) is 20.3. The number of hydrogen-bond acceptors (Lipinski definition) is 8. The molecular weight excluding hydrogens is 474 g/mol. The van der Waals surface area contributed by atoms with Gasteiger partial charge >= 0.3 is 5.97 Å². The third-order valence-corrected chi connectivity index (χ3v) is 5.48. The lowest BCUT2D eigenvalue weighted by molar-refractivity contribution is -0.142. The molecule has 200 valence electrons. The van der Waals surface area contributed by atoms with E-state index in [1.165, 1.54) is 0 Å². The van der Waals surface area contributed by atoms with E-state index < -0.39 is 73.5 Å². The Kier molecular flexibility index (Phi) is 13.1. The van der Waals surface area contributed by atoms with Gasteiger partial charge in [-0.1, -0.05) is 50.6 Å². The van der Waals surface area contributed by atoms with E-state index in [-0.39, 0.29) is 12.3 Å². The number of benzene rings is 1. The molecule has 0 aliphatic rings. The normalized spacial score (nSPS) is 14.9. The van der Waals surface area contributed by atoms with Crippen LogP contribution in [0.4, 0.5) is 0 Å². The number of carbonyl (C=O) groups excluding carboxylic acids is 4. The number of aliphatic carboxylic acids is 1. The van der Waals surface area contributed by atoms with E-state index in [2.05, 4.69) is 21.3 Å². The molecule has 0 heterocycles. The molecule has 4 amide bonds. The molecule has 1 aromatic carbocycles. The predicted octanol–water partition coefficient (Wildman–Crippen LogP) is -2.76. The maximum atomic E-state index is 12.6. The van der Waals surface area contributed by atoms with Gasteiger partial charge in [0, 0.05) is 6.42 Å². The Bertz CT molecular complexity index is 898. The fraction of sp³-hybridized carbons (Fsp3) is 0.522. The molecule has 0 unspecified atom stereocenters. The summed E-state index contributed by atoms with van der Waals surface area (Å²) in [5.41, 5.74) is 6.13. The first-order chi connectivity index (χ1) is 17.0. The highest BCUT2D eigenvalue weighted by Gasteiger charge is 2.29. The van der Waals surface area contributed by atoms with Crippen molar-refractivity contribution in [3.05, 3.63) is 35.9 Å². The molecule has 36 heavy (non-hydrogen) atoms. The molecule has 0 aromatic heterocycles. The number of nitrogens with two attached hydrogens (primary N) is 1. The summed E-state index contributed by atoms with van der Waals surface area (Å²) in [5, 5.41) is 37.3. The van der Waals surface area contributed by atoms with Gasteiger partial charge in [0.05, 0.1) is 19.8 Å². The summed E-state index contributed by atoms with van der Waals surface area (Å²) in [6, 6.07) is 3.60. The average molecular weight is 510 g/mol. The standard InChI is InChI=1S/C23H35N5O8/c1-3-13(2)19(28-20(32)15(24)11-29)22(34)25-10-18(31)26-17(12-30)21(33)27-16(23(35)36)9-14-7-5-4-6-8-14/h4-8,13,15-17,19,29-30H,3,9-12,24H2,1-2H3,(H,25,34)(H,26,31)(H,27,33)(H,28,32)(H,35,36)/t13-,15-,16-,17-,19-/m0/s1. The van der Waals surface area contributed by atoms with E-state index in [0.29, 0.717) is 12.0 Å². The van der Waals surface area contributed by atoms with E-state index in [1.54, 1.807) is 44.2 Å². The number of carboxylic acids is 1. The fourth-order valence-electron chi connectivity index (χ4n) is 3.08. The number of aliphatic hydroxyl groups is 2. The van der Waals surface area contributed by atoms with Crippen molar-refractivity contribution < 1.29 is 39.3 Å². The van der Waals surface area contributed by atoms with Crippen molar-refractivity contribution in [2.45, 2.75) is 50.9 Å². The second-order valence-electron chi connectivity index (χ2n) is 8.27. The molecule has 1 rings (SSSR count). The molecule has 13 nitrogen and oxygen atoms in total. The van der Waals surface area contributed by atoms with Crippen LogP contribution in [0.3, 0.4) is 0 Å². The molecule has 9 N–H and O–H groups in total. The monoisotopic (exact) mass is 509 g/mol. The Morgan fingerprint density at radius 1 is 0.889 bits per heavy atom. The van der Waals surface area contributed by atoms with Crippen LogP contribution in [0, 0.1) is 5.92 Å². The van der Waals surface area contributed by atoms with Gasteiger partial charge in [-0.3, -0.25) is 19.2 Å². The molecule has 5 atom stereocenters. The van der Waals surface area contributed by atoms with Crippen LogP contribution in [-0.2, 0) is 30.4 Å². The van der Waals surface area contributed by atoms with E-state index in [4.69, 9.17) is 10.8 Å². The van der Waals surface area contributed by atoms with Crippen molar-refractivity contribution in [1.82, 2.24) is 21.3 Å². The zero-order chi connectivity index (χ0) is 27.3. The SMILES string of the molecule is CC[C@H](C)[C@H](NC(=O)[C@@H](N)CO)C(=O)NCC(=O)N[C@@H](CO)C(=O)N[C@@H](Cc1ccccc1)C(=O)O. The minimum atomic E-state index is -1.46. The van der Waals surface area contributed by atoms with Crippen LogP contribution in [-0.4, -0.2) is 88.8 Å². The molecule has 0 fully saturated rings. The quantitative estimate of drug-likeness (QED) is 0.123. The highest BCUT2D eigenvalue weighted by Crippen LogP contribution is 2.08. The summed E-state index contributed by atoms with van der Waals surface area (Å²) in [4.78, 5) is 60.9. The molecule has 0 radical (unpaired) electrons. The Morgan fingerprint density at radius 3 is 2.06 bits per heavy atom. The van der Waals surface area contributed by atoms with Crippen molar-refractivity contribution in [2.24, 2.45) is 11.7 Å². The highest BCUT2D eigenvalue weighted by molar-refractivity contribution is 5.94. The fourth-order valence-corrected chi connectivity index (χ4v) is 3.08. The van der Waals surface area contributed by atoms with Gasteiger partial charge in [0.25, 0.3) is 0 Å². The first-order valence-corrected chi connectivity index (χ1v) is 11.5. The van der Waals surface area contributed by atoms with Crippen LogP contribution in [0.15, 0.2) is 30.3 Å². The molecule has 0 bridgehead atoms.